The molecule has 0 atom stereocenters. The molecule has 288 valence electrons. The highest BCUT2D eigenvalue weighted by Gasteiger charge is 2.29. The van der Waals surface area contributed by atoms with Crippen molar-refractivity contribution in [2.75, 3.05) is 26.2 Å². The van der Waals surface area contributed by atoms with Crippen molar-refractivity contribution in [3.8, 4) is 23.6 Å². The van der Waals surface area contributed by atoms with Crippen LogP contribution >= 0.6 is 45.9 Å². The normalized spacial score (nSPS) is 14.9. The lowest BCUT2D eigenvalue weighted by molar-refractivity contribution is 0.0204. The first-order valence-corrected chi connectivity index (χ1v) is 20.0. The first-order chi connectivity index (χ1) is 25.3. The minimum Gasteiger partial charge on any atom is -0.488 e. The number of ether oxygens (including phenoxy) is 3. The molecule has 2 aromatic carbocycles. The Labute approximate surface area is 337 Å². The molecule has 0 radical (unpaired) electrons. The minimum atomic E-state index is -0.478. The fourth-order valence-electron chi connectivity index (χ4n) is 5.87. The number of likely N-dealkylation sites (tertiary alicyclic amines) is 1. The number of amides is 1. The number of carbonyl (C=O) groups excluding carboxylic acids is 1. The second-order valence-corrected chi connectivity index (χ2v) is 17.0. The largest absolute Gasteiger partial charge is 0.488 e. The van der Waals surface area contributed by atoms with Crippen LogP contribution in [0.25, 0.3) is 0 Å². The molecule has 2 aromatic heterocycles. The lowest BCUT2D eigenvalue weighted by atomic mass is 9.98. The number of hydrogen-bond donors (Lipinski definition) is 1. The van der Waals surface area contributed by atoms with Gasteiger partial charge in [0.2, 0.25) is 0 Å². The first kappa shape index (κ1) is 42.8. The Balaban J connectivity index is 0.000000244. The quantitative estimate of drug-likeness (QED) is 0.185. The molecule has 0 unspecified atom stereocenters. The molecule has 0 bridgehead atoms. The van der Waals surface area contributed by atoms with Gasteiger partial charge in [-0.25, -0.2) is 14.8 Å². The van der Waals surface area contributed by atoms with E-state index in [0.29, 0.717) is 70.8 Å². The van der Waals surface area contributed by atoms with Gasteiger partial charge in [0.25, 0.3) is 0 Å². The summed E-state index contributed by atoms with van der Waals surface area (Å²) >= 11 is 15.5. The molecule has 2 aliphatic rings. The summed E-state index contributed by atoms with van der Waals surface area (Å²) in [5, 5.41) is 24.4. The molecule has 10 nitrogen and oxygen atoms in total. The molecule has 2 fully saturated rings. The lowest BCUT2D eigenvalue weighted by Crippen LogP contribution is -2.41. The van der Waals surface area contributed by atoms with Gasteiger partial charge in [0.15, 0.2) is 0 Å². The lowest BCUT2D eigenvalue weighted by Gasteiger charge is -2.32. The number of nitrogens with zero attached hydrogens (tertiary/aromatic N) is 5. The highest BCUT2D eigenvalue weighted by atomic mass is 35.5. The van der Waals surface area contributed by atoms with Crippen LogP contribution in [0.15, 0.2) is 36.4 Å². The predicted molar refractivity (Wildman–Crippen MR) is 216 cm³/mol. The first-order valence-electron chi connectivity index (χ1n) is 17.6. The molecule has 0 aliphatic carbocycles. The number of aryl methyl sites for hydroxylation is 2. The Bertz CT molecular complexity index is 1970. The van der Waals surface area contributed by atoms with E-state index >= 15 is 0 Å². The number of rotatable bonds is 8. The maximum absolute atomic E-state index is 12.2. The molecule has 14 heteroatoms. The molecule has 4 aromatic rings. The van der Waals surface area contributed by atoms with Crippen LogP contribution in [0.4, 0.5) is 4.79 Å². The van der Waals surface area contributed by atoms with Gasteiger partial charge in [0.05, 0.1) is 52.3 Å². The van der Waals surface area contributed by atoms with Gasteiger partial charge in [-0.05, 0) is 97.7 Å². The van der Waals surface area contributed by atoms with E-state index in [4.69, 9.17) is 57.9 Å². The molecule has 1 amide bonds. The van der Waals surface area contributed by atoms with E-state index in [1.807, 2.05) is 46.8 Å². The molecule has 2 aliphatic heterocycles. The van der Waals surface area contributed by atoms with Crippen LogP contribution in [0.1, 0.15) is 108 Å². The van der Waals surface area contributed by atoms with E-state index < -0.39 is 5.60 Å². The maximum atomic E-state index is 12.2. The van der Waals surface area contributed by atoms with Gasteiger partial charge in [-0.15, -0.1) is 22.7 Å². The summed E-state index contributed by atoms with van der Waals surface area (Å²) in [5.74, 6) is 2.20. The zero-order valence-electron chi connectivity index (χ0n) is 30.6. The summed E-state index contributed by atoms with van der Waals surface area (Å²) in [7, 11) is 0. The standard InChI is InChI=1S/C22H26ClN3O3S.C17H18ClN3OS.CH4/c1-14-19(13-28-17-6-5-16(12-24)18(23)11-17)30-20(25-14)15-7-9-26(10-8-15)21(27)29-22(2,3)4;1-11-16(23-17(21-11)12-4-6-20-7-5-12)10-22-14-3-2-13(9-19)15(18)8-14;/h5-6,11,15H,7-10,13H2,1-4H3;2-3,8,12,20H,4-7,10H2,1H3;1H4. The molecule has 1 N–H and O–H groups in total. The van der Waals surface area contributed by atoms with Crippen LogP contribution in [0, 0.1) is 36.5 Å². The van der Waals surface area contributed by atoms with Crippen LogP contribution in [0.3, 0.4) is 0 Å². The SMILES string of the molecule is C.Cc1nc(C2CCN(C(=O)OC(C)(C)C)CC2)sc1COc1ccc(C#N)c(Cl)c1.Cc1nc(C2CCNCC2)sc1COc1ccc(C#N)c(Cl)c1. The molecule has 2 saturated heterocycles. The zero-order valence-corrected chi connectivity index (χ0v) is 33.8. The van der Waals surface area contributed by atoms with E-state index in [9.17, 15) is 4.79 Å². The van der Waals surface area contributed by atoms with Crippen molar-refractivity contribution in [2.45, 2.75) is 98.4 Å². The topological polar surface area (TPSA) is 133 Å². The van der Waals surface area contributed by atoms with Crippen molar-refractivity contribution in [3.05, 3.63) is 88.7 Å². The highest BCUT2D eigenvalue weighted by Crippen LogP contribution is 2.35. The minimum absolute atomic E-state index is 0. The third kappa shape index (κ3) is 11.8. The van der Waals surface area contributed by atoms with Crippen LogP contribution in [-0.4, -0.2) is 52.7 Å². The number of nitrogens with one attached hydrogen (secondary N) is 1. The molecule has 0 spiro atoms. The van der Waals surface area contributed by atoms with Crippen molar-refractivity contribution < 1.29 is 19.0 Å². The van der Waals surface area contributed by atoms with E-state index in [2.05, 4.69) is 5.32 Å². The average molecular weight is 812 g/mol. The second-order valence-electron chi connectivity index (χ2n) is 14.0. The number of aromatic nitrogens is 2. The Morgan fingerprint density at radius 3 is 1.69 bits per heavy atom. The van der Waals surface area contributed by atoms with Crippen LogP contribution < -0.4 is 14.8 Å². The van der Waals surface area contributed by atoms with E-state index in [1.165, 1.54) is 5.01 Å². The molecular formula is C40H48Cl2N6O4S2. The monoisotopic (exact) mass is 810 g/mol. The number of carbonyl (C=O) groups is 1. The third-order valence-electron chi connectivity index (χ3n) is 8.86. The third-order valence-corrected chi connectivity index (χ3v) is 12.1. The van der Waals surface area contributed by atoms with Crippen molar-refractivity contribution in [2.24, 2.45) is 0 Å². The molecule has 4 heterocycles. The van der Waals surface area contributed by atoms with Gasteiger partial charge in [-0.1, -0.05) is 30.6 Å². The number of piperidine rings is 2. The summed E-state index contributed by atoms with van der Waals surface area (Å²) in [5.41, 5.74) is 2.42. The Morgan fingerprint density at radius 2 is 1.28 bits per heavy atom. The van der Waals surface area contributed by atoms with Gasteiger partial charge in [-0.3, -0.25) is 0 Å². The summed E-state index contributed by atoms with van der Waals surface area (Å²) in [6, 6.07) is 14.3. The van der Waals surface area contributed by atoms with Crippen LogP contribution in [0.5, 0.6) is 11.5 Å². The predicted octanol–water partition coefficient (Wildman–Crippen LogP) is 10.3. The summed E-state index contributed by atoms with van der Waals surface area (Å²) in [6.07, 6.45) is 3.80. The van der Waals surface area contributed by atoms with E-state index in [0.717, 1.165) is 64.9 Å². The average Bonchev–Trinajstić information content (AvgIpc) is 3.71. The fraction of sp³-hybridized carbons (Fsp3) is 0.475. The molecule has 54 heavy (non-hydrogen) atoms. The van der Waals surface area contributed by atoms with Crippen molar-refractivity contribution in [1.82, 2.24) is 20.2 Å². The van der Waals surface area contributed by atoms with Gasteiger partial charge in [0, 0.05) is 37.1 Å². The zero-order chi connectivity index (χ0) is 38.1. The van der Waals surface area contributed by atoms with Crippen LogP contribution in [0.2, 0.25) is 10.0 Å². The van der Waals surface area contributed by atoms with Crippen molar-refractivity contribution in [1.29, 1.82) is 10.5 Å². The maximum Gasteiger partial charge on any atom is 0.410 e. The van der Waals surface area contributed by atoms with E-state index in [-0.39, 0.29) is 13.5 Å². The van der Waals surface area contributed by atoms with Gasteiger partial charge in [0.1, 0.15) is 42.5 Å². The number of benzene rings is 2. The Morgan fingerprint density at radius 1 is 0.833 bits per heavy atom. The second kappa shape index (κ2) is 19.6. The number of nitriles is 2. The summed E-state index contributed by atoms with van der Waals surface area (Å²) in [4.78, 5) is 25.7. The van der Waals surface area contributed by atoms with Gasteiger partial charge >= 0.3 is 6.09 Å². The Kier molecular flexibility index (Phi) is 15.6. The van der Waals surface area contributed by atoms with Crippen molar-refractivity contribution >= 4 is 52.0 Å². The summed E-state index contributed by atoms with van der Waals surface area (Å²) in [6.45, 7) is 14.0. The van der Waals surface area contributed by atoms with Gasteiger partial charge in [-0.2, -0.15) is 10.5 Å². The fourth-order valence-corrected chi connectivity index (χ4v) is 8.60. The number of thiazole rings is 2. The smallest absolute Gasteiger partial charge is 0.410 e. The number of halogens is 2. The highest BCUT2D eigenvalue weighted by molar-refractivity contribution is 7.12. The van der Waals surface area contributed by atoms with Crippen molar-refractivity contribution in [3.63, 3.8) is 0 Å². The number of hydrogen-bond acceptors (Lipinski definition) is 11. The molecular weight excluding hydrogens is 764 g/mol. The van der Waals surface area contributed by atoms with Crippen LogP contribution in [-0.2, 0) is 18.0 Å². The van der Waals surface area contributed by atoms with E-state index in [1.54, 1.807) is 64.0 Å². The summed E-state index contributed by atoms with van der Waals surface area (Å²) < 4.78 is 17.1. The van der Waals surface area contributed by atoms with Gasteiger partial charge < -0.3 is 24.4 Å². The molecule has 0 saturated carbocycles. The molecule has 6 rings (SSSR count). The Hall–Kier alpha value is -3.91.